The molecule has 0 saturated heterocycles. The van der Waals surface area contributed by atoms with E-state index in [4.69, 9.17) is 0 Å². The van der Waals surface area contributed by atoms with E-state index in [0.29, 0.717) is 0 Å². The zero-order chi connectivity index (χ0) is 50.4. The average molecular weight is 967 g/mol. The molecule has 0 bridgehead atoms. The third-order valence-electron chi connectivity index (χ3n) is 19.0. The van der Waals surface area contributed by atoms with Crippen molar-refractivity contribution in [3.05, 3.63) is 265 Å². The number of benzene rings is 14. The Morgan fingerprint density at radius 2 is 0.592 bits per heavy atom. The summed E-state index contributed by atoms with van der Waals surface area (Å²) in [7, 11) is 0. The molecular weight excluding hydrogens is 913 g/mol. The molecule has 0 heterocycles. The van der Waals surface area contributed by atoms with Gasteiger partial charge in [-0.25, -0.2) is 0 Å². The predicted octanol–water partition coefficient (Wildman–Crippen LogP) is 20.8. The van der Waals surface area contributed by atoms with E-state index in [1.807, 2.05) is 0 Å². The van der Waals surface area contributed by atoms with Gasteiger partial charge in [-0.15, -0.1) is 0 Å². The van der Waals surface area contributed by atoms with Crippen LogP contribution in [0.25, 0.3) is 131 Å². The minimum atomic E-state index is -0.386. The second-order valence-electron chi connectivity index (χ2n) is 22.1. The van der Waals surface area contributed by atoms with E-state index in [9.17, 15) is 0 Å². The number of fused-ring (bicyclic) bond motifs is 6. The van der Waals surface area contributed by atoms with Crippen molar-refractivity contribution in [2.75, 3.05) is 0 Å². The maximum absolute atomic E-state index is 2.64. The molecule has 2 aliphatic rings. The van der Waals surface area contributed by atoms with Crippen LogP contribution in [0.5, 0.6) is 0 Å². The van der Waals surface area contributed by atoms with Crippen LogP contribution in [0.15, 0.2) is 243 Å². The van der Waals surface area contributed by atoms with Crippen molar-refractivity contribution in [3.8, 4) is 66.8 Å². The van der Waals surface area contributed by atoms with E-state index < -0.39 is 0 Å². The molecule has 76 heavy (non-hydrogen) atoms. The van der Waals surface area contributed by atoms with Gasteiger partial charge in [0, 0.05) is 10.8 Å². The Morgan fingerprint density at radius 3 is 0.974 bits per heavy atom. The first kappa shape index (κ1) is 43.5. The molecule has 16 rings (SSSR count). The fraction of sp³-hybridized carbons (Fsp3) is 0.105. The molecule has 358 valence electrons. The molecule has 14 aromatic carbocycles. The molecule has 0 saturated carbocycles. The van der Waals surface area contributed by atoms with Crippen LogP contribution in [0.3, 0.4) is 0 Å². The van der Waals surface area contributed by atoms with Gasteiger partial charge < -0.3 is 0 Å². The standard InChI is InChI=1S/C76H54/c1-4-75(67-42-53(47-16-8-6-9-17-47)32-36-59(67)61-38-34-55(44-69(61)75)65-40-57-24-12-20-49-28-30-51-22-14-26-63(65)73(51)71(49)57)46(3)76(5-2)68-43-54(48-18-10-7-11-19-48)33-37-60(68)62-39-35-56(45-70(62)76)66-41-58-25-13-21-50-29-31-52-23-15-27-64(66)74(52)72(50)58/h6-46H,4-5H2,1-3H3. The van der Waals surface area contributed by atoms with Gasteiger partial charge in [0.25, 0.3) is 0 Å². The van der Waals surface area contributed by atoms with E-state index in [-0.39, 0.29) is 16.7 Å². The molecule has 0 radical (unpaired) electrons. The summed E-state index contributed by atoms with van der Waals surface area (Å²) in [5, 5.41) is 15.8. The van der Waals surface area contributed by atoms with Crippen LogP contribution in [0.4, 0.5) is 0 Å². The number of hydrogen-bond donors (Lipinski definition) is 0. The summed E-state index contributed by atoms with van der Waals surface area (Å²) in [5.41, 5.74) is 20.6. The zero-order valence-electron chi connectivity index (χ0n) is 43.1. The van der Waals surface area contributed by atoms with Gasteiger partial charge in [0.2, 0.25) is 0 Å². The van der Waals surface area contributed by atoms with E-state index in [2.05, 4.69) is 263 Å². The minimum Gasteiger partial charge on any atom is -0.0642 e. The van der Waals surface area contributed by atoms with Crippen LogP contribution >= 0.6 is 0 Å². The Morgan fingerprint density at radius 1 is 0.263 bits per heavy atom. The van der Waals surface area contributed by atoms with Crippen LogP contribution in [0, 0.1) is 5.92 Å². The third kappa shape index (κ3) is 5.79. The monoisotopic (exact) mass is 966 g/mol. The number of hydrogen-bond acceptors (Lipinski definition) is 0. The summed E-state index contributed by atoms with van der Waals surface area (Å²) in [6.45, 7) is 7.61. The summed E-state index contributed by atoms with van der Waals surface area (Å²) < 4.78 is 0. The lowest BCUT2D eigenvalue weighted by atomic mass is 9.53. The SMILES string of the molecule is CCC1(C(C)C2(CC)c3cc(-c4ccccc4)ccc3-c3ccc(-c4cc5cccc6ccc7cccc4c7c65)cc32)c2cc(-c3ccccc3)ccc2-c2ccc(-c3cc4cccc5ccc6cccc3c6c54)cc21. The van der Waals surface area contributed by atoms with Crippen molar-refractivity contribution in [2.45, 2.75) is 44.4 Å². The van der Waals surface area contributed by atoms with E-state index in [1.165, 1.54) is 154 Å². The lowest BCUT2D eigenvalue weighted by Gasteiger charge is -2.49. The molecular formula is C76H54. The lowest BCUT2D eigenvalue weighted by molar-refractivity contribution is 0.221. The van der Waals surface area contributed by atoms with Gasteiger partial charge >= 0.3 is 0 Å². The van der Waals surface area contributed by atoms with Gasteiger partial charge in [0.15, 0.2) is 0 Å². The van der Waals surface area contributed by atoms with Crippen molar-refractivity contribution in [1.29, 1.82) is 0 Å². The van der Waals surface area contributed by atoms with Gasteiger partial charge in [-0.2, -0.15) is 0 Å². The first-order valence-electron chi connectivity index (χ1n) is 27.5. The van der Waals surface area contributed by atoms with E-state index >= 15 is 0 Å². The van der Waals surface area contributed by atoms with Crippen molar-refractivity contribution in [3.63, 3.8) is 0 Å². The van der Waals surface area contributed by atoms with Gasteiger partial charge in [0.1, 0.15) is 0 Å². The highest BCUT2D eigenvalue weighted by molar-refractivity contribution is 6.27. The highest BCUT2D eigenvalue weighted by atomic mass is 14.6. The molecule has 0 aromatic heterocycles. The largest absolute Gasteiger partial charge is 0.0642 e. The molecule has 0 N–H and O–H groups in total. The van der Waals surface area contributed by atoms with Crippen molar-refractivity contribution in [1.82, 2.24) is 0 Å². The smallest absolute Gasteiger partial charge is 0.0250 e. The Balaban J connectivity index is 0.975. The molecule has 2 aliphatic carbocycles. The summed E-state index contributed by atoms with van der Waals surface area (Å²) in [6, 6.07) is 93.5. The minimum absolute atomic E-state index is 0.106. The van der Waals surface area contributed by atoms with Crippen LogP contribution in [0.2, 0.25) is 0 Å². The number of rotatable bonds is 8. The molecule has 0 fully saturated rings. The molecule has 0 spiro atoms. The molecule has 0 heteroatoms. The van der Waals surface area contributed by atoms with Crippen LogP contribution in [-0.2, 0) is 10.8 Å². The topological polar surface area (TPSA) is 0 Å². The van der Waals surface area contributed by atoms with Crippen molar-refractivity contribution in [2.24, 2.45) is 5.92 Å². The Labute approximate surface area is 444 Å². The molecule has 0 aliphatic heterocycles. The van der Waals surface area contributed by atoms with Crippen molar-refractivity contribution < 1.29 is 0 Å². The maximum Gasteiger partial charge on any atom is 0.0250 e. The molecule has 14 aromatic rings. The summed E-state index contributed by atoms with van der Waals surface area (Å²) in [5.74, 6) is 0.106. The quantitative estimate of drug-likeness (QED) is 0.133. The third-order valence-corrected chi connectivity index (χ3v) is 19.0. The fourth-order valence-corrected chi connectivity index (χ4v) is 15.6. The summed E-state index contributed by atoms with van der Waals surface area (Å²) in [4.78, 5) is 0. The Hall–Kier alpha value is -8.84. The first-order valence-corrected chi connectivity index (χ1v) is 27.5. The van der Waals surface area contributed by atoms with Crippen LogP contribution < -0.4 is 0 Å². The van der Waals surface area contributed by atoms with E-state index in [0.717, 1.165) is 12.8 Å². The Bertz CT molecular complexity index is 4370. The average Bonchev–Trinajstić information content (AvgIpc) is 4.06. The molecule has 0 amide bonds. The fourth-order valence-electron chi connectivity index (χ4n) is 15.6. The lowest BCUT2D eigenvalue weighted by Crippen LogP contribution is -2.46. The van der Waals surface area contributed by atoms with E-state index in [1.54, 1.807) is 0 Å². The van der Waals surface area contributed by atoms with Crippen LogP contribution in [0.1, 0.15) is 55.9 Å². The molecule has 2 atom stereocenters. The van der Waals surface area contributed by atoms with Crippen molar-refractivity contribution >= 4 is 64.6 Å². The van der Waals surface area contributed by atoms with Gasteiger partial charge in [-0.05, 0) is 209 Å². The van der Waals surface area contributed by atoms with Crippen LogP contribution in [-0.4, -0.2) is 0 Å². The zero-order valence-corrected chi connectivity index (χ0v) is 43.1. The second-order valence-corrected chi connectivity index (χ2v) is 22.1. The predicted molar refractivity (Wildman–Crippen MR) is 324 cm³/mol. The molecule has 0 nitrogen and oxygen atoms in total. The first-order chi connectivity index (χ1) is 37.5. The maximum atomic E-state index is 2.64. The van der Waals surface area contributed by atoms with Gasteiger partial charge in [0.05, 0.1) is 0 Å². The second kappa shape index (κ2) is 16.1. The molecule has 2 unspecified atom stereocenters. The summed E-state index contributed by atoms with van der Waals surface area (Å²) >= 11 is 0. The highest BCUT2D eigenvalue weighted by Crippen LogP contribution is 2.66. The highest BCUT2D eigenvalue weighted by Gasteiger charge is 2.57. The Kier molecular flexibility index (Phi) is 9.22. The van der Waals surface area contributed by atoms with Gasteiger partial charge in [-0.3, -0.25) is 0 Å². The summed E-state index contributed by atoms with van der Waals surface area (Å²) in [6.07, 6.45) is 1.87. The van der Waals surface area contributed by atoms with Gasteiger partial charge in [-0.1, -0.05) is 227 Å². The normalized spacial score (nSPS) is 17.0.